The molecule has 0 saturated heterocycles. The lowest BCUT2D eigenvalue weighted by molar-refractivity contribution is -0.697. The average molecular weight is 586 g/mol. The molecule has 2 nitrogen and oxygen atoms in total. The van der Waals surface area contributed by atoms with E-state index in [2.05, 4.69) is 109 Å². The Kier molecular flexibility index (Phi) is 17.5. The standard InChI is InChI=1S/C41H65N2/c1-4-6-8-10-12-14-15-16-18-26-32-40(43-35-34-42(37-43)33-27-19-17-13-11-9-7-5-2)41(3,39-30-24-21-25-31-39)36-38-28-22-20-23-29-38/h20-25,28-31,34-35,37,40H,4-19,26-27,32-33,36H2,1-3H3/q+1. The Labute approximate surface area is 266 Å². The van der Waals surface area contributed by atoms with Crippen molar-refractivity contribution in [2.75, 3.05) is 0 Å². The summed E-state index contributed by atoms with van der Waals surface area (Å²) in [4.78, 5) is 0. The number of nitrogens with zero attached hydrogens (tertiary/aromatic N) is 2. The molecule has 0 aliphatic rings. The first-order chi connectivity index (χ1) is 21.2. The van der Waals surface area contributed by atoms with Gasteiger partial charge in [0.05, 0.1) is 6.54 Å². The van der Waals surface area contributed by atoms with Crippen LogP contribution in [0.1, 0.15) is 160 Å². The zero-order valence-corrected chi connectivity index (χ0v) is 28.3. The third-order valence-electron chi connectivity index (χ3n) is 9.76. The topological polar surface area (TPSA) is 8.81 Å². The molecule has 0 amide bonds. The van der Waals surface area contributed by atoms with Gasteiger partial charge < -0.3 is 0 Å². The minimum Gasteiger partial charge on any atom is -0.237 e. The Morgan fingerprint density at radius 1 is 0.605 bits per heavy atom. The van der Waals surface area contributed by atoms with Gasteiger partial charge in [-0.1, -0.05) is 178 Å². The summed E-state index contributed by atoms with van der Waals surface area (Å²) in [6, 6.07) is 23.0. The van der Waals surface area contributed by atoms with Gasteiger partial charge in [0.2, 0.25) is 6.33 Å². The number of hydrogen-bond donors (Lipinski definition) is 0. The fourth-order valence-electron chi connectivity index (χ4n) is 7.03. The van der Waals surface area contributed by atoms with E-state index in [1.165, 1.54) is 133 Å². The van der Waals surface area contributed by atoms with E-state index in [9.17, 15) is 0 Å². The highest BCUT2D eigenvalue weighted by Gasteiger charge is 2.40. The lowest BCUT2D eigenvalue weighted by Gasteiger charge is -2.37. The molecule has 0 saturated carbocycles. The van der Waals surface area contributed by atoms with E-state index < -0.39 is 0 Å². The lowest BCUT2D eigenvalue weighted by Crippen LogP contribution is -2.38. The van der Waals surface area contributed by atoms with Crippen LogP contribution in [0.4, 0.5) is 0 Å². The van der Waals surface area contributed by atoms with E-state index in [4.69, 9.17) is 0 Å². The smallest absolute Gasteiger partial charge is 0.237 e. The van der Waals surface area contributed by atoms with Gasteiger partial charge in [0.1, 0.15) is 18.4 Å². The minimum absolute atomic E-state index is 0.0111. The van der Waals surface area contributed by atoms with Crippen LogP contribution in [-0.2, 0) is 18.4 Å². The molecular formula is C41H65N2+. The number of aryl methyl sites for hydroxylation is 1. The Balaban J connectivity index is 1.66. The molecule has 0 radical (unpaired) electrons. The molecule has 1 heterocycles. The Morgan fingerprint density at radius 3 is 1.65 bits per heavy atom. The highest BCUT2D eigenvalue weighted by Crippen LogP contribution is 2.41. The monoisotopic (exact) mass is 586 g/mol. The molecule has 1 aromatic heterocycles. The second-order valence-corrected chi connectivity index (χ2v) is 13.5. The molecule has 3 rings (SSSR count). The van der Waals surface area contributed by atoms with Crippen molar-refractivity contribution in [2.24, 2.45) is 0 Å². The summed E-state index contributed by atoms with van der Waals surface area (Å²) in [6.07, 6.45) is 34.3. The largest absolute Gasteiger partial charge is 0.244 e. The molecule has 0 aliphatic carbocycles. The number of hydrogen-bond acceptors (Lipinski definition) is 0. The summed E-state index contributed by atoms with van der Waals surface area (Å²) < 4.78 is 5.03. The van der Waals surface area contributed by atoms with Gasteiger partial charge in [-0.3, -0.25) is 0 Å². The molecule has 0 aliphatic heterocycles. The molecule has 0 spiro atoms. The number of benzene rings is 2. The Hall–Kier alpha value is -2.35. The van der Waals surface area contributed by atoms with Gasteiger partial charge in [-0.05, 0) is 43.2 Å². The van der Waals surface area contributed by atoms with Crippen LogP contribution in [0.5, 0.6) is 0 Å². The molecule has 0 fully saturated rings. The first-order valence-corrected chi connectivity index (χ1v) is 18.3. The van der Waals surface area contributed by atoms with Crippen molar-refractivity contribution < 1.29 is 4.57 Å². The maximum absolute atomic E-state index is 2.58. The van der Waals surface area contributed by atoms with Gasteiger partial charge in [-0.15, -0.1) is 0 Å². The van der Waals surface area contributed by atoms with Gasteiger partial charge in [0.15, 0.2) is 0 Å². The van der Waals surface area contributed by atoms with Crippen LogP contribution < -0.4 is 4.57 Å². The predicted octanol–water partition coefficient (Wildman–Crippen LogP) is 12.0. The second-order valence-electron chi connectivity index (χ2n) is 13.5. The molecule has 238 valence electrons. The SMILES string of the molecule is CCCCCCCCCCCCC(n1cc[n+](CCCCCCCCCC)c1)C(C)(Cc1ccccc1)c1ccccc1. The molecule has 2 atom stereocenters. The van der Waals surface area contributed by atoms with Crippen molar-refractivity contribution in [3.8, 4) is 0 Å². The van der Waals surface area contributed by atoms with Crippen LogP contribution in [0, 0.1) is 0 Å². The molecule has 43 heavy (non-hydrogen) atoms. The van der Waals surface area contributed by atoms with Crippen molar-refractivity contribution in [1.29, 1.82) is 0 Å². The average Bonchev–Trinajstić information content (AvgIpc) is 3.50. The lowest BCUT2D eigenvalue weighted by atomic mass is 9.70. The van der Waals surface area contributed by atoms with Crippen LogP contribution in [0.2, 0.25) is 0 Å². The zero-order valence-electron chi connectivity index (χ0n) is 28.3. The van der Waals surface area contributed by atoms with E-state index in [0.29, 0.717) is 6.04 Å². The summed E-state index contributed by atoms with van der Waals surface area (Å²) in [6.45, 7) is 8.27. The Morgan fingerprint density at radius 2 is 1.09 bits per heavy atom. The molecule has 2 unspecified atom stereocenters. The Bertz CT molecular complexity index is 1060. The van der Waals surface area contributed by atoms with E-state index in [1.54, 1.807) is 0 Å². The van der Waals surface area contributed by atoms with Crippen molar-refractivity contribution in [3.05, 3.63) is 90.5 Å². The molecular weight excluding hydrogens is 520 g/mol. The second kappa shape index (κ2) is 21.4. The molecule has 0 N–H and O–H groups in total. The van der Waals surface area contributed by atoms with Crippen LogP contribution in [0.25, 0.3) is 0 Å². The number of unbranched alkanes of at least 4 members (excludes halogenated alkanes) is 16. The van der Waals surface area contributed by atoms with Crippen molar-refractivity contribution in [3.63, 3.8) is 0 Å². The maximum atomic E-state index is 2.58. The number of aromatic nitrogens is 2. The van der Waals surface area contributed by atoms with Crippen molar-refractivity contribution in [1.82, 2.24) is 4.57 Å². The molecule has 2 heteroatoms. The van der Waals surface area contributed by atoms with Gasteiger partial charge >= 0.3 is 0 Å². The van der Waals surface area contributed by atoms with E-state index in [-0.39, 0.29) is 5.41 Å². The van der Waals surface area contributed by atoms with Crippen LogP contribution >= 0.6 is 0 Å². The predicted molar refractivity (Wildman–Crippen MR) is 187 cm³/mol. The fourth-order valence-corrected chi connectivity index (χ4v) is 7.03. The van der Waals surface area contributed by atoms with Crippen LogP contribution in [-0.4, -0.2) is 4.57 Å². The van der Waals surface area contributed by atoms with Gasteiger partial charge in [-0.2, -0.15) is 0 Å². The third-order valence-corrected chi connectivity index (χ3v) is 9.76. The van der Waals surface area contributed by atoms with Crippen LogP contribution in [0.15, 0.2) is 79.4 Å². The highest BCUT2D eigenvalue weighted by molar-refractivity contribution is 5.30. The molecule has 0 bridgehead atoms. The minimum atomic E-state index is 0.0111. The molecule has 2 aromatic carbocycles. The summed E-state index contributed by atoms with van der Waals surface area (Å²) in [7, 11) is 0. The van der Waals surface area contributed by atoms with E-state index >= 15 is 0 Å². The quantitative estimate of drug-likeness (QED) is 0.0690. The summed E-state index contributed by atoms with van der Waals surface area (Å²) in [5.41, 5.74) is 2.90. The fraction of sp³-hybridized carbons (Fsp3) is 0.634. The van der Waals surface area contributed by atoms with Crippen molar-refractivity contribution >= 4 is 0 Å². The van der Waals surface area contributed by atoms with Crippen LogP contribution in [0.3, 0.4) is 0 Å². The number of rotatable bonds is 25. The summed E-state index contributed by atoms with van der Waals surface area (Å²) >= 11 is 0. The normalized spacial score (nSPS) is 13.7. The van der Waals surface area contributed by atoms with Gasteiger partial charge in [0.25, 0.3) is 0 Å². The van der Waals surface area contributed by atoms with E-state index in [1.807, 2.05) is 0 Å². The molecule has 3 aromatic rings. The van der Waals surface area contributed by atoms with E-state index in [0.717, 1.165) is 13.0 Å². The first-order valence-electron chi connectivity index (χ1n) is 18.3. The van der Waals surface area contributed by atoms with Gasteiger partial charge in [0, 0.05) is 5.41 Å². The zero-order chi connectivity index (χ0) is 30.4. The first kappa shape index (κ1) is 35.1. The summed E-state index contributed by atoms with van der Waals surface area (Å²) in [5, 5.41) is 0. The van der Waals surface area contributed by atoms with Crippen molar-refractivity contribution in [2.45, 2.75) is 167 Å². The maximum Gasteiger partial charge on any atom is 0.244 e. The third kappa shape index (κ3) is 13.0. The summed E-state index contributed by atoms with van der Waals surface area (Å²) in [5.74, 6) is 0. The highest BCUT2D eigenvalue weighted by atomic mass is 15.1. The number of imidazole rings is 1. The van der Waals surface area contributed by atoms with Gasteiger partial charge in [-0.25, -0.2) is 9.13 Å².